The van der Waals surface area contributed by atoms with Crippen molar-refractivity contribution in [2.75, 3.05) is 51.9 Å². The number of anilines is 1. The van der Waals surface area contributed by atoms with Crippen molar-refractivity contribution in [1.29, 1.82) is 5.26 Å². The highest BCUT2D eigenvalue weighted by Gasteiger charge is 2.64. The van der Waals surface area contributed by atoms with Gasteiger partial charge < -0.3 is 29.2 Å². The molecule has 5 amide bonds. The average Bonchev–Trinajstić information content (AvgIpc) is 3.52. The number of rotatable bonds is 15. The van der Waals surface area contributed by atoms with E-state index < -0.39 is 29.7 Å². The Balaban J connectivity index is 0.819. The Kier molecular flexibility index (Phi) is 12.9. The highest BCUT2D eigenvalue weighted by atomic mass is 16.5. The van der Waals surface area contributed by atoms with Gasteiger partial charge in [0.15, 0.2) is 0 Å². The molecule has 5 aliphatic rings. The molecule has 3 aromatic rings. The van der Waals surface area contributed by atoms with Crippen LogP contribution in [0, 0.1) is 41.9 Å². The maximum absolute atomic E-state index is 13.7. The second-order valence-electron chi connectivity index (χ2n) is 19.9. The van der Waals surface area contributed by atoms with Gasteiger partial charge in [-0.15, -0.1) is 0 Å². The summed E-state index contributed by atoms with van der Waals surface area (Å²) >= 11 is 0. The van der Waals surface area contributed by atoms with Crippen LogP contribution in [0.2, 0.25) is 0 Å². The summed E-state index contributed by atoms with van der Waals surface area (Å²) in [4.78, 5) is 70.7. The number of hydrogen-bond donors (Lipinski definition) is 2. The van der Waals surface area contributed by atoms with Crippen molar-refractivity contribution in [2.24, 2.45) is 16.7 Å². The SMILES string of the molecule is COCCN(CC1CCN(c2ccc(C(=O)NC3C(C)(C)C(Oc4cc(C)c(C#N)c(C)c4)C3(C)C)cc2)CC1)C1CC(Oc2cc(OC)c3c(c2)C(=O)N([C@@H]2CCC(=O)NC2=O)C3=O)C1. The van der Waals surface area contributed by atoms with Crippen LogP contribution in [0.25, 0.3) is 0 Å². The number of benzene rings is 3. The molecule has 0 aromatic heterocycles. The van der Waals surface area contributed by atoms with E-state index in [4.69, 9.17) is 18.9 Å². The first-order valence-corrected chi connectivity index (χ1v) is 23.1. The second-order valence-corrected chi connectivity index (χ2v) is 19.9. The summed E-state index contributed by atoms with van der Waals surface area (Å²) in [7, 11) is 3.14. The number of methoxy groups -OCH3 is 2. The molecule has 66 heavy (non-hydrogen) atoms. The van der Waals surface area contributed by atoms with E-state index in [1.165, 1.54) is 7.11 Å². The van der Waals surface area contributed by atoms with Gasteiger partial charge in [-0.05, 0) is 92.6 Å². The zero-order valence-electron chi connectivity index (χ0n) is 39.3. The summed E-state index contributed by atoms with van der Waals surface area (Å²) in [6.07, 6.45) is 3.52. The minimum atomic E-state index is -1.07. The third-order valence-electron chi connectivity index (χ3n) is 14.8. The number of piperidine rings is 2. The van der Waals surface area contributed by atoms with E-state index in [0.29, 0.717) is 35.4 Å². The Morgan fingerprint density at radius 1 is 0.894 bits per heavy atom. The number of ether oxygens (including phenoxy) is 4. The van der Waals surface area contributed by atoms with Crippen LogP contribution < -0.4 is 29.7 Å². The lowest BCUT2D eigenvalue weighted by molar-refractivity contribution is -0.164. The maximum atomic E-state index is 13.7. The number of hydrogen-bond acceptors (Lipinski definition) is 12. The molecule has 4 fully saturated rings. The van der Waals surface area contributed by atoms with E-state index in [1.807, 2.05) is 50.2 Å². The van der Waals surface area contributed by atoms with Gasteiger partial charge in [0.1, 0.15) is 35.5 Å². The van der Waals surface area contributed by atoms with Crippen LogP contribution >= 0.6 is 0 Å². The van der Waals surface area contributed by atoms with Gasteiger partial charge in [0, 0.05) is 92.8 Å². The highest BCUT2D eigenvalue weighted by molar-refractivity contribution is 6.24. The Hall–Kier alpha value is -5.98. The van der Waals surface area contributed by atoms with Crippen LogP contribution in [0.1, 0.15) is 114 Å². The number of nitrogens with one attached hydrogen (secondary N) is 2. The molecule has 0 radical (unpaired) electrons. The molecule has 3 aromatic carbocycles. The lowest BCUT2D eigenvalue weighted by Crippen LogP contribution is -2.74. The lowest BCUT2D eigenvalue weighted by Gasteiger charge is -2.63. The topological polar surface area (TPSA) is 180 Å². The van der Waals surface area contributed by atoms with Crippen molar-refractivity contribution in [3.05, 3.63) is 81.9 Å². The predicted octanol–water partition coefficient (Wildman–Crippen LogP) is 5.97. The Morgan fingerprint density at radius 2 is 1.55 bits per heavy atom. The fourth-order valence-corrected chi connectivity index (χ4v) is 11.4. The largest absolute Gasteiger partial charge is 0.496 e. The van der Waals surface area contributed by atoms with Gasteiger partial charge in [0.25, 0.3) is 17.7 Å². The Bertz CT molecular complexity index is 2410. The van der Waals surface area contributed by atoms with Crippen molar-refractivity contribution in [3.8, 4) is 23.3 Å². The first kappa shape index (κ1) is 46.5. The van der Waals surface area contributed by atoms with Crippen molar-refractivity contribution >= 4 is 35.2 Å². The number of imide groups is 2. The molecule has 2 saturated carbocycles. The number of nitriles is 1. The van der Waals surface area contributed by atoms with Crippen molar-refractivity contribution < 1.29 is 42.9 Å². The molecule has 15 heteroatoms. The minimum absolute atomic E-state index is 0.0394. The van der Waals surface area contributed by atoms with Crippen LogP contribution in [-0.4, -0.2) is 117 Å². The van der Waals surface area contributed by atoms with Gasteiger partial charge in [-0.3, -0.25) is 39.1 Å². The van der Waals surface area contributed by atoms with Gasteiger partial charge in [-0.1, -0.05) is 27.7 Å². The number of amides is 5. The van der Waals surface area contributed by atoms with E-state index in [-0.39, 0.29) is 64.7 Å². The Labute approximate surface area is 387 Å². The molecule has 0 spiro atoms. The lowest BCUT2D eigenvalue weighted by atomic mass is 9.49. The molecular weight excluding hydrogens is 841 g/mol. The van der Waals surface area contributed by atoms with Gasteiger partial charge in [-0.2, -0.15) is 5.26 Å². The highest BCUT2D eigenvalue weighted by Crippen LogP contribution is 2.55. The molecular formula is C51H62N6O9. The van der Waals surface area contributed by atoms with Crippen molar-refractivity contribution in [3.63, 3.8) is 0 Å². The summed E-state index contributed by atoms with van der Waals surface area (Å²) < 4.78 is 24.0. The molecule has 0 unspecified atom stereocenters. The van der Waals surface area contributed by atoms with E-state index in [0.717, 1.165) is 79.3 Å². The second kappa shape index (κ2) is 18.4. The van der Waals surface area contributed by atoms with Gasteiger partial charge in [0.2, 0.25) is 11.8 Å². The summed E-state index contributed by atoms with van der Waals surface area (Å²) in [6, 6.07) is 16.3. The van der Waals surface area contributed by atoms with Gasteiger partial charge in [0.05, 0.1) is 36.5 Å². The third kappa shape index (κ3) is 8.73. The summed E-state index contributed by atoms with van der Waals surface area (Å²) in [5.74, 6) is -0.571. The number of fused-ring (bicyclic) bond motifs is 1. The minimum Gasteiger partial charge on any atom is -0.496 e. The first-order valence-electron chi connectivity index (χ1n) is 23.1. The van der Waals surface area contributed by atoms with Crippen molar-refractivity contribution in [2.45, 2.75) is 110 Å². The fourth-order valence-electron chi connectivity index (χ4n) is 11.4. The van der Waals surface area contributed by atoms with Crippen LogP contribution in [-0.2, 0) is 14.3 Å². The normalized spacial score (nSPS) is 24.5. The molecule has 15 nitrogen and oxygen atoms in total. The zero-order chi connectivity index (χ0) is 47.2. The van der Waals surface area contributed by atoms with E-state index in [9.17, 15) is 29.2 Å². The maximum Gasteiger partial charge on any atom is 0.266 e. The standard InChI is InChI=1S/C51H62N6O9/c1-29-21-35(22-30(2)39(29)27-52)66-49-50(3,4)48(51(49,5)6)54-44(59)32-9-11-33(12-10-32)55-17-15-31(16-18-55)28-56(19-20-63-7)34-23-36(24-34)65-37-25-38-43(41(26-37)64-8)47(62)57(46(38)61)40-13-14-42(58)53-45(40)60/h9-12,21-22,25-26,31,34,36,40,48-49H,13-20,23-24,28H2,1-8H3,(H,54,59)(H,53,58,60)/t34?,36?,40-,48?,49?/m1/s1. The molecule has 3 aliphatic heterocycles. The molecule has 2 aliphatic carbocycles. The predicted molar refractivity (Wildman–Crippen MR) is 246 cm³/mol. The number of aryl methyl sites for hydroxylation is 2. The van der Waals surface area contributed by atoms with Crippen molar-refractivity contribution in [1.82, 2.24) is 20.4 Å². The van der Waals surface area contributed by atoms with E-state index >= 15 is 0 Å². The monoisotopic (exact) mass is 902 g/mol. The number of carbonyl (C=O) groups is 5. The third-order valence-corrected chi connectivity index (χ3v) is 14.8. The van der Waals surface area contributed by atoms with Crippen LogP contribution in [0.4, 0.5) is 5.69 Å². The van der Waals surface area contributed by atoms with E-state index in [1.54, 1.807) is 19.2 Å². The first-order chi connectivity index (χ1) is 31.4. The quantitative estimate of drug-likeness (QED) is 0.171. The fraction of sp³-hybridized carbons (Fsp3) is 0.529. The zero-order valence-corrected chi connectivity index (χ0v) is 39.3. The molecule has 3 heterocycles. The summed E-state index contributed by atoms with van der Waals surface area (Å²) in [6.45, 7) is 16.6. The van der Waals surface area contributed by atoms with Gasteiger partial charge >= 0.3 is 0 Å². The smallest absolute Gasteiger partial charge is 0.266 e. The molecule has 350 valence electrons. The van der Waals surface area contributed by atoms with Gasteiger partial charge in [-0.25, -0.2) is 0 Å². The molecule has 1 atom stereocenters. The Morgan fingerprint density at radius 3 is 2.15 bits per heavy atom. The number of nitrogens with zero attached hydrogens (tertiary/aromatic N) is 4. The molecule has 0 bridgehead atoms. The molecule has 2 saturated heterocycles. The van der Waals surface area contributed by atoms with Crippen LogP contribution in [0.5, 0.6) is 17.2 Å². The van der Waals surface area contributed by atoms with Crippen LogP contribution in [0.3, 0.4) is 0 Å². The molecule has 2 N–H and O–H groups in total. The molecule has 8 rings (SSSR count). The summed E-state index contributed by atoms with van der Waals surface area (Å²) in [5, 5.41) is 15.1. The summed E-state index contributed by atoms with van der Waals surface area (Å²) in [5.41, 5.74) is 3.72. The average molecular weight is 903 g/mol. The van der Waals surface area contributed by atoms with Crippen LogP contribution in [0.15, 0.2) is 48.5 Å². The van der Waals surface area contributed by atoms with E-state index in [2.05, 4.69) is 54.2 Å². The number of carbonyl (C=O) groups excluding carboxylic acids is 5.